The van der Waals surface area contributed by atoms with E-state index in [-0.39, 0.29) is 0 Å². The summed E-state index contributed by atoms with van der Waals surface area (Å²) in [6, 6.07) is 3.80. The van der Waals surface area contributed by atoms with Crippen molar-refractivity contribution < 1.29 is 4.79 Å². The number of carbonyl (C=O) groups is 1. The largest absolute Gasteiger partial charge is 0.298 e. The van der Waals surface area contributed by atoms with E-state index in [4.69, 9.17) is 0 Å². The Labute approximate surface area is 96.8 Å². The van der Waals surface area contributed by atoms with Crippen LogP contribution >= 0.6 is 0 Å². The molecule has 0 amide bonds. The Morgan fingerprint density at radius 1 is 1.24 bits per heavy atom. The Balaban J connectivity index is 2.22. The van der Waals surface area contributed by atoms with Crippen LogP contribution in [0.3, 0.4) is 0 Å². The fourth-order valence-corrected chi connectivity index (χ4v) is 1.68. The van der Waals surface area contributed by atoms with Crippen LogP contribution < -0.4 is 0 Å². The second kappa shape index (κ2) is 3.79. The van der Waals surface area contributed by atoms with Crippen molar-refractivity contribution in [3.05, 3.63) is 48.7 Å². The zero-order chi connectivity index (χ0) is 11.7. The summed E-state index contributed by atoms with van der Waals surface area (Å²) in [5.41, 5.74) is 3.06. The van der Waals surface area contributed by atoms with Gasteiger partial charge in [0.2, 0.25) is 0 Å². The summed E-state index contributed by atoms with van der Waals surface area (Å²) >= 11 is 0. The zero-order valence-electron chi connectivity index (χ0n) is 8.82. The number of pyridine rings is 1. The topological polar surface area (TPSA) is 60.2 Å². The van der Waals surface area contributed by atoms with Gasteiger partial charge >= 0.3 is 0 Å². The molecule has 3 heterocycles. The van der Waals surface area contributed by atoms with Crippen LogP contribution in [0.1, 0.15) is 10.4 Å². The van der Waals surface area contributed by atoms with Crippen molar-refractivity contribution in [3.63, 3.8) is 0 Å². The van der Waals surface area contributed by atoms with Gasteiger partial charge in [0.25, 0.3) is 0 Å². The number of aldehydes is 1. The molecule has 3 aromatic heterocycles. The van der Waals surface area contributed by atoms with Gasteiger partial charge in [-0.25, -0.2) is 9.50 Å². The fourth-order valence-electron chi connectivity index (χ4n) is 1.68. The van der Waals surface area contributed by atoms with Crippen molar-refractivity contribution >= 4 is 11.9 Å². The van der Waals surface area contributed by atoms with E-state index < -0.39 is 0 Å². The van der Waals surface area contributed by atoms with Gasteiger partial charge in [-0.05, 0) is 6.07 Å². The number of rotatable bonds is 2. The highest BCUT2D eigenvalue weighted by atomic mass is 16.1. The minimum Gasteiger partial charge on any atom is -0.298 e. The summed E-state index contributed by atoms with van der Waals surface area (Å²) in [6.07, 6.45) is 9.12. The summed E-state index contributed by atoms with van der Waals surface area (Å²) in [4.78, 5) is 18.9. The Morgan fingerprint density at radius 2 is 2.18 bits per heavy atom. The molecule has 82 valence electrons. The first-order valence-corrected chi connectivity index (χ1v) is 5.07. The summed E-state index contributed by atoms with van der Waals surface area (Å²) in [6.45, 7) is 0. The molecule has 5 nitrogen and oxygen atoms in total. The lowest BCUT2D eigenvalue weighted by Crippen LogP contribution is -1.93. The van der Waals surface area contributed by atoms with Crippen LogP contribution in [0.5, 0.6) is 0 Å². The first-order chi connectivity index (χ1) is 8.38. The van der Waals surface area contributed by atoms with E-state index in [1.54, 1.807) is 29.3 Å². The quantitative estimate of drug-likeness (QED) is 0.620. The maximum absolute atomic E-state index is 10.6. The lowest BCUT2D eigenvalue weighted by Gasteiger charge is -1.97. The van der Waals surface area contributed by atoms with Crippen molar-refractivity contribution in [3.8, 4) is 11.1 Å². The monoisotopic (exact) mass is 224 g/mol. The Kier molecular flexibility index (Phi) is 2.15. The zero-order valence-corrected chi connectivity index (χ0v) is 8.82. The molecule has 0 aliphatic carbocycles. The maximum atomic E-state index is 10.6. The van der Waals surface area contributed by atoms with E-state index in [1.807, 2.05) is 12.1 Å². The van der Waals surface area contributed by atoms with Crippen LogP contribution in [0.15, 0.2) is 43.1 Å². The molecule has 0 N–H and O–H groups in total. The molecule has 0 aromatic carbocycles. The lowest BCUT2D eigenvalue weighted by atomic mass is 10.1. The van der Waals surface area contributed by atoms with Gasteiger partial charge in [0.15, 0.2) is 11.9 Å². The number of aromatic nitrogens is 4. The van der Waals surface area contributed by atoms with Gasteiger partial charge in [-0.1, -0.05) is 6.07 Å². The van der Waals surface area contributed by atoms with Gasteiger partial charge in [0, 0.05) is 35.9 Å². The van der Waals surface area contributed by atoms with Crippen LogP contribution in [0, 0.1) is 0 Å². The van der Waals surface area contributed by atoms with Crippen molar-refractivity contribution in [1.29, 1.82) is 0 Å². The van der Waals surface area contributed by atoms with E-state index >= 15 is 0 Å². The van der Waals surface area contributed by atoms with Crippen molar-refractivity contribution in [2.45, 2.75) is 0 Å². The number of fused-ring (bicyclic) bond motifs is 1. The Hall–Kier alpha value is -2.56. The molecule has 0 bridgehead atoms. The molecular weight excluding hydrogens is 216 g/mol. The van der Waals surface area contributed by atoms with E-state index in [0.717, 1.165) is 17.4 Å². The SMILES string of the molecule is O=Cc1cnc2c(-c3cccnc3)cnn2c1. The molecule has 0 fully saturated rings. The maximum Gasteiger partial charge on any atom is 0.162 e. The van der Waals surface area contributed by atoms with Crippen LogP contribution in [0.2, 0.25) is 0 Å². The van der Waals surface area contributed by atoms with Crippen molar-refractivity contribution in [2.75, 3.05) is 0 Å². The number of nitrogens with zero attached hydrogens (tertiary/aromatic N) is 4. The van der Waals surface area contributed by atoms with Gasteiger partial charge in [-0.3, -0.25) is 9.78 Å². The molecule has 0 saturated heterocycles. The lowest BCUT2D eigenvalue weighted by molar-refractivity contribution is 0.112. The molecule has 0 spiro atoms. The first kappa shape index (κ1) is 9.65. The van der Waals surface area contributed by atoms with Crippen LogP contribution in [0.4, 0.5) is 0 Å². The molecule has 17 heavy (non-hydrogen) atoms. The molecule has 0 saturated carbocycles. The number of carbonyl (C=O) groups excluding carboxylic acids is 1. The van der Waals surface area contributed by atoms with Gasteiger partial charge in [-0.2, -0.15) is 5.10 Å². The summed E-state index contributed by atoms with van der Waals surface area (Å²) < 4.78 is 1.59. The van der Waals surface area contributed by atoms with E-state index in [0.29, 0.717) is 11.2 Å². The third-order valence-corrected chi connectivity index (χ3v) is 2.49. The third kappa shape index (κ3) is 1.57. The molecule has 0 radical (unpaired) electrons. The van der Waals surface area contributed by atoms with E-state index in [2.05, 4.69) is 15.1 Å². The summed E-state index contributed by atoms with van der Waals surface area (Å²) in [5, 5.41) is 4.17. The van der Waals surface area contributed by atoms with E-state index in [9.17, 15) is 4.79 Å². The highest BCUT2D eigenvalue weighted by Gasteiger charge is 2.07. The van der Waals surface area contributed by atoms with Gasteiger partial charge in [0.1, 0.15) is 0 Å². The van der Waals surface area contributed by atoms with Crippen molar-refractivity contribution in [1.82, 2.24) is 19.6 Å². The second-order valence-electron chi connectivity index (χ2n) is 3.57. The molecule has 0 aliphatic rings. The highest BCUT2D eigenvalue weighted by molar-refractivity contribution is 5.78. The molecule has 0 atom stereocenters. The second-order valence-corrected chi connectivity index (χ2v) is 3.57. The molecule has 0 unspecified atom stereocenters. The average Bonchev–Trinajstić information content (AvgIpc) is 2.82. The predicted octanol–water partition coefficient (Wildman–Crippen LogP) is 1.60. The normalized spacial score (nSPS) is 10.6. The van der Waals surface area contributed by atoms with Crippen molar-refractivity contribution in [2.24, 2.45) is 0 Å². The number of hydrogen-bond acceptors (Lipinski definition) is 4. The molecule has 3 aromatic rings. The first-order valence-electron chi connectivity index (χ1n) is 5.07. The van der Waals surface area contributed by atoms with Gasteiger partial charge in [0.05, 0.1) is 11.8 Å². The summed E-state index contributed by atoms with van der Waals surface area (Å²) in [5.74, 6) is 0. The predicted molar refractivity (Wildman–Crippen MR) is 61.6 cm³/mol. The van der Waals surface area contributed by atoms with Gasteiger partial charge in [-0.15, -0.1) is 0 Å². The van der Waals surface area contributed by atoms with Crippen LogP contribution in [-0.4, -0.2) is 25.9 Å². The standard InChI is InChI=1S/C12H8N4O/c17-8-9-4-14-12-11(6-15-16(12)7-9)10-2-1-3-13-5-10/h1-8H. The molecular formula is C12H8N4O. The molecule has 3 rings (SSSR count). The summed E-state index contributed by atoms with van der Waals surface area (Å²) in [7, 11) is 0. The Bertz CT molecular complexity index is 675. The molecule has 0 aliphatic heterocycles. The minimum absolute atomic E-state index is 0.498. The highest BCUT2D eigenvalue weighted by Crippen LogP contribution is 2.21. The Morgan fingerprint density at radius 3 is 2.94 bits per heavy atom. The third-order valence-electron chi connectivity index (χ3n) is 2.49. The minimum atomic E-state index is 0.498. The van der Waals surface area contributed by atoms with Crippen LogP contribution in [-0.2, 0) is 0 Å². The number of hydrogen-bond donors (Lipinski definition) is 0. The average molecular weight is 224 g/mol. The van der Waals surface area contributed by atoms with E-state index in [1.165, 1.54) is 6.20 Å². The van der Waals surface area contributed by atoms with Crippen LogP contribution in [0.25, 0.3) is 16.8 Å². The smallest absolute Gasteiger partial charge is 0.162 e. The molecule has 5 heteroatoms. The fraction of sp³-hybridized carbons (Fsp3) is 0. The van der Waals surface area contributed by atoms with Gasteiger partial charge < -0.3 is 0 Å².